The molecule has 0 aliphatic heterocycles. The summed E-state index contributed by atoms with van der Waals surface area (Å²) >= 11 is 0. The van der Waals surface area contributed by atoms with E-state index < -0.39 is 0 Å². The van der Waals surface area contributed by atoms with E-state index in [-0.39, 0.29) is 18.5 Å². The van der Waals surface area contributed by atoms with E-state index in [4.69, 9.17) is 11.5 Å². The smallest absolute Gasteiger partial charge is 0.231 e. The molecule has 0 saturated heterocycles. The highest BCUT2D eigenvalue weighted by Gasteiger charge is 2.12. The van der Waals surface area contributed by atoms with Gasteiger partial charge < -0.3 is 11.5 Å². The topological polar surface area (TPSA) is 72.3 Å². The maximum Gasteiger partial charge on any atom is 0.231 e. The highest BCUT2D eigenvalue weighted by molar-refractivity contribution is 5.75. The van der Waals surface area contributed by atoms with E-state index in [9.17, 15) is 4.79 Å². The molecule has 1 rings (SSSR count). The van der Waals surface area contributed by atoms with Crippen LogP contribution in [0, 0.1) is 11.8 Å². The number of carbonyl (C=O) groups is 1. The van der Waals surface area contributed by atoms with Crippen molar-refractivity contribution in [3.05, 3.63) is 35.4 Å². The molecule has 1 amide bonds. The number of nitrogens with two attached hydrogens (primary N) is 2. The van der Waals surface area contributed by atoms with Crippen molar-refractivity contribution in [2.24, 2.45) is 11.5 Å². The molecule has 4 N–H and O–H groups in total. The van der Waals surface area contributed by atoms with Gasteiger partial charge in [-0.1, -0.05) is 24.0 Å². The molecule has 1 aromatic rings. The molecule has 4 heteroatoms. The van der Waals surface area contributed by atoms with E-state index >= 15 is 0 Å². The Kier molecular flexibility index (Phi) is 6.07. The predicted octanol–water partition coefficient (Wildman–Crippen LogP) is 0.693. The fourth-order valence-corrected chi connectivity index (χ4v) is 1.76. The summed E-state index contributed by atoms with van der Waals surface area (Å²) in [4.78, 5) is 13.1. The summed E-state index contributed by atoms with van der Waals surface area (Å²) < 4.78 is 0. The lowest BCUT2D eigenvalue weighted by molar-refractivity contribution is -0.119. The van der Waals surface area contributed by atoms with Gasteiger partial charge in [0, 0.05) is 18.2 Å². The van der Waals surface area contributed by atoms with Crippen LogP contribution in [-0.4, -0.2) is 29.9 Å². The van der Waals surface area contributed by atoms with Crippen molar-refractivity contribution in [2.45, 2.75) is 26.4 Å². The molecular weight excluding hydrogens is 238 g/mol. The van der Waals surface area contributed by atoms with Crippen LogP contribution in [0.2, 0.25) is 0 Å². The van der Waals surface area contributed by atoms with Gasteiger partial charge >= 0.3 is 0 Å². The number of primary amides is 1. The standard InChI is InChI=1S/C15H21N3O/c1-12(2)18(11-15(17)19)10-14-6-3-5-13(9-14)7-4-8-16/h3,5-6,9,12H,8,10-11,16H2,1-2H3,(H2,17,19). The molecule has 0 heterocycles. The Labute approximate surface area is 114 Å². The lowest BCUT2D eigenvalue weighted by atomic mass is 10.1. The van der Waals surface area contributed by atoms with Crippen molar-refractivity contribution in [1.29, 1.82) is 0 Å². The van der Waals surface area contributed by atoms with Crippen molar-refractivity contribution in [3.63, 3.8) is 0 Å². The van der Waals surface area contributed by atoms with Crippen molar-refractivity contribution in [2.75, 3.05) is 13.1 Å². The molecule has 0 unspecified atom stereocenters. The summed E-state index contributed by atoms with van der Waals surface area (Å²) in [6.45, 7) is 5.38. The van der Waals surface area contributed by atoms with Crippen LogP contribution in [0.1, 0.15) is 25.0 Å². The second-order valence-electron chi connectivity index (χ2n) is 4.67. The van der Waals surface area contributed by atoms with Crippen LogP contribution in [0.15, 0.2) is 24.3 Å². The van der Waals surface area contributed by atoms with Gasteiger partial charge in [-0.05, 0) is 31.5 Å². The Balaban J connectivity index is 2.81. The third-order valence-corrected chi connectivity index (χ3v) is 2.74. The molecule has 4 nitrogen and oxygen atoms in total. The molecule has 0 spiro atoms. The van der Waals surface area contributed by atoms with Gasteiger partial charge in [-0.25, -0.2) is 0 Å². The van der Waals surface area contributed by atoms with Crippen molar-refractivity contribution in [3.8, 4) is 11.8 Å². The second-order valence-corrected chi connectivity index (χ2v) is 4.67. The summed E-state index contributed by atoms with van der Waals surface area (Å²) in [5, 5.41) is 0. The molecule has 0 radical (unpaired) electrons. The molecule has 0 atom stereocenters. The molecule has 19 heavy (non-hydrogen) atoms. The zero-order valence-electron chi connectivity index (χ0n) is 11.5. The van der Waals surface area contributed by atoms with Gasteiger partial charge in [-0.2, -0.15) is 0 Å². The number of benzene rings is 1. The minimum absolute atomic E-state index is 0.256. The monoisotopic (exact) mass is 259 g/mol. The van der Waals surface area contributed by atoms with Crippen LogP contribution in [0.5, 0.6) is 0 Å². The van der Waals surface area contributed by atoms with Gasteiger partial charge in [-0.3, -0.25) is 9.69 Å². The number of nitrogens with zero attached hydrogens (tertiary/aromatic N) is 1. The normalized spacial score (nSPS) is 10.4. The fraction of sp³-hybridized carbons (Fsp3) is 0.400. The van der Waals surface area contributed by atoms with Crippen LogP contribution in [0.3, 0.4) is 0 Å². The van der Waals surface area contributed by atoms with E-state index in [1.54, 1.807) is 0 Å². The van der Waals surface area contributed by atoms with Gasteiger partial charge in [0.15, 0.2) is 0 Å². The third kappa shape index (κ3) is 5.56. The van der Waals surface area contributed by atoms with Gasteiger partial charge in [-0.15, -0.1) is 0 Å². The number of hydrogen-bond donors (Lipinski definition) is 2. The molecule has 0 fully saturated rings. The summed E-state index contributed by atoms with van der Waals surface area (Å²) in [6.07, 6.45) is 0. The average molecular weight is 259 g/mol. The van der Waals surface area contributed by atoms with Crippen LogP contribution >= 0.6 is 0 Å². The highest BCUT2D eigenvalue weighted by atomic mass is 16.1. The molecule has 0 aliphatic carbocycles. The Morgan fingerprint density at radius 2 is 2.16 bits per heavy atom. The quantitative estimate of drug-likeness (QED) is 0.764. The Morgan fingerprint density at radius 1 is 1.42 bits per heavy atom. The van der Waals surface area contributed by atoms with Crippen molar-refractivity contribution < 1.29 is 4.79 Å². The SMILES string of the molecule is CC(C)N(CC(N)=O)Cc1cccc(C#CCN)c1. The molecule has 1 aromatic carbocycles. The summed E-state index contributed by atoms with van der Waals surface area (Å²) in [6, 6.07) is 8.19. The first-order valence-corrected chi connectivity index (χ1v) is 6.33. The van der Waals surface area contributed by atoms with E-state index in [2.05, 4.69) is 11.8 Å². The van der Waals surface area contributed by atoms with Crippen LogP contribution < -0.4 is 11.5 Å². The Hall–Kier alpha value is -1.83. The molecular formula is C15H21N3O. The molecule has 0 aliphatic rings. The maximum atomic E-state index is 11.1. The summed E-state index contributed by atoms with van der Waals surface area (Å²) in [7, 11) is 0. The Morgan fingerprint density at radius 3 is 2.74 bits per heavy atom. The average Bonchev–Trinajstić information content (AvgIpc) is 2.35. The van der Waals surface area contributed by atoms with Gasteiger partial charge in [0.05, 0.1) is 13.1 Å². The van der Waals surface area contributed by atoms with Gasteiger partial charge in [0.1, 0.15) is 0 Å². The minimum atomic E-state index is -0.312. The first-order valence-electron chi connectivity index (χ1n) is 6.33. The van der Waals surface area contributed by atoms with Crippen molar-refractivity contribution >= 4 is 5.91 Å². The number of hydrogen-bond acceptors (Lipinski definition) is 3. The summed E-state index contributed by atoms with van der Waals surface area (Å²) in [5.74, 6) is 5.52. The zero-order valence-corrected chi connectivity index (χ0v) is 11.5. The first-order chi connectivity index (χ1) is 9.02. The van der Waals surface area contributed by atoms with Crippen LogP contribution in [0.25, 0.3) is 0 Å². The van der Waals surface area contributed by atoms with Crippen LogP contribution in [0.4, 0.5) is 0 Å². The molecule has 0 saturated carbocycles. The zero-order chi connectivity index (χ0) is 14.3. The van der Waals surface area contributed by atoms with Gasteiger partial charge in [0.25, 0.3) is 0 Å². The van der Waals surface area contributed by atoms with Crippen molar-refractivity contribution in [1.82, 2.24) is 4.90 Å². The lowest BCUT2D eigenvalue weighted by Gasteiger charge is -2.25. The number of carbonyl (C=O) groups excluding carboxylic acids is 1. The van der Waals surface area contributed by atoms with Gasteiger partial charge in [0.2, 0.25) is 5.91 Å². The number of amides is 1. The first kappa shape index (κ1) is 15.2. The molecule has 102 valence electrons. The van der Waals surface area contributed by atoms with E-state index in [1.165, 1.54) is 0 Å². The molecule has 0 bridgehead atoms. The van der Waals surface area contributed by atoms with Crippen LogP contribution in [-0.2, 0) is 11.3 Å². The van der Waals surface area contributed by atoms with E-state index in [0.29, 0.717) is 13.1 Å². The van der Waals surface area contributed by atoms with E-state index in [0.717, 1.165) is 11.1 Å². The Bertz CT molecular complexity index is 486. The maximum absolute atomic E-state index is 11.1. The highest BCUT2D eigenvalue weighted by Crippen LogP contribution is 2.10. The molecule has 0 aromatic heterocycles. The largest absolute Gasteiger partial charge is 0.369 e. The third-order valence-electron chi connectivity index (χ3n) is 2.74. The number of rotatable bonds is 5. The minimum Gasteiger partial charge on any atom is -0.369 e. The van der Waals surface area contributed by atoms with E-state index in [1.807, 2.05) is 43.0 Å². The second kappa shape index (κ2) is 7.57. The predicted molar refractivity (Wildman–Crippen MR) is 77.1 cm³/mol. The fourth-order valence-electron chi connectivity index (χ4n) is 1.76. The summed E-state index contributed by atoms with van der Waals surface area (Å²) in [5.41, 5.74) is 12.7. The lowest BCUT2D eigenvalue weighted by Crippen LogP contribution is -2.37.